The minimum atomic E-state index is -0.253. The molecule has 0 saturated carbocycles. The van der Waals surface area contributed by atoms with E-state index in [4.69, 9.17) is 0 Å². The van der Waals surface area contributed by atoms with Crippen LogP contribution >= 0.6 is 0 Å². The molecule has 0 aliphatic rings. The van der Waals surface area contributed by atoms with Crippen molar-refractivity contribution in [3.63, 3.8) is 0 Å². The van der Waals surface area contributed by atoms with E-state index in [0.29, 0.717) is 10.9 Å². The first-order valence-electron chi connectivity index (χ1n) is 8.98. The van der Waals surface area contributed by atoms with Crippen molar-refractivity contribution in [2.45, 2.75) is 13.8 Å². The SMILES string of the molecule is Cc1ccc(-c2ccc(C#Cc3ccc4cc(C)ccc4c3F)cc2)cc1. The van der Waals surface area contributed by atoms with Gasteiger partial charge >= 0.3 is 0 Å². The van der Waals surface area contributed by atoms with Crippen LogP contribution in [-0.2, 0) is 0 Å². The summed E-state index contributed by atoms with van der Waals surface area (Å²) in [7, 11) is 0. The first-order chi connectivity index (χ1) is 13.1. The molecule has 130 valence electrons. The third kappa shape index (κ3) is 3.61. The average Bonchev–Trinajstić information content (AvgIpc) is 2.68. The Labute approximate surface area is 159 Å². The van der Waals surface area contributed by atoms with Crippen LogP contribution in [0.1, 0.15) is 22.3 Å². The number of hydrogen-bond acceptors (Lipinski definition) is 0. The van der Waals surface area contributed by atoms with E-state index >= 15 is 0 Å². The second-order valence-electron chi connectivity index (χ2n) is 6.85. The summed E-state index contributed by atoms with van der Waals surface area (Å²) in [4.78, 5) is 0. The van der Waals surface area contributed by atoms with Gasteiger partial charge in [0.2, 0.25) is 0 Å². The van der Waals surface area contributed by atoms with E-state index in [9.17, 15) is 4.39 Å². The van der Waals surface area contributed by atoms with Gasteiger partial charge in [-0.05, 0) is 48.6 Å². The van der Waals surface area contributed by atoms with Crippen molar-refractivity contribution in [2.24, 2.45) is 0 Å². The molecule has 0 atom stereocenters. The van der Waals surface area contributed by atoms with Gasteiger partial charge in [0, 0.05) is 10.9 Å². The van der Waals surface area contributed by atoms with E-state index in [-0.39, 0.29) is 5.82 Å². The van der Waals surface area contributed by atoms with E-state index in [1.54, 1.807) is 6.07 Å². The monoisotopic (exact) mass is 350 g/mol. The summed E-state index contributed by atoms with van der Waals surface area (Å²) in [5.41, 5.74) is 5.98. The minimum Gasteiger partial charge on any atom is -0.205 e. The molecule has 1 heteroatoms. The lowest BCUT2D eigenvalue weighted by Gasteiger charge is -2.03. The third-order valence-electron chi connectivity index (χ3n) is 4.72. The predicted octanol–water partition coefficient (Wildman–Crippen LogP) is 6.66. The zero-order valence-corrected chi connectivity index (χ0v) is 15.4. The van der Waals surface area contributed by atoms with Crippen molar-refractivity contribution in [3.05, 3.63) is 107 Å². The fraction of sp³-hybridized carbons (Fsp3) is 0.0769. The number of rotatable bonds is 1. The highest BCUT2D eigenvalue weighted by Gasteiger charge is 2.05. The summed E-state index contributed by atoms with van der Waals surface area (Å²) in [6.45, 7) is 4.08. The minimum absolute atomic E-state index is 0.253. The molecule has 0 aliphatic carbocycles. The molecule has 4 aromatic carbocycles. The maximum atomic E-state index is 14.7. The summed E-state index contributed by atoms with van der Waals surface area (Å²) in [6.07, 6.45) is 0. The molecule has 0 bridgehead atoms. The van der Waals surface area contributed by atoms with Gasteiger partial charge in [-0.15, -0.1) is 0 Å². The number of fused-ring (bicyclic) bond motifs is 1. The number of hydrogen-bond donors (Lipinski definition) is 0. The molecule has 0 aromatic heterocycles. The van der Waals surface area contributed by atoms with E-state index < -0.39 is 0 Å². The molecule has 0 amide bonds. The van der Waals surface area contributed by atoms with Gasteiger partial charge < -0.3 is 0 Å². The van der Waals surface area contributed by atoms with Crippen molar-refractivity contribution in [1.82, 2.24) is 0 Å². The second-order valence-corrected chi connectivity index (χ2v) is 6.85. The Hall–Kier alpha value is -3.37. The van der Waals surface area contributed by atoms with Crippen LogP contribution in [0, 0.1) is 31.5 Å². The zero-order valence-electron chi connectivity index (χ0n) is 15.4. The van der Waals surface area contributed by atoms with Crippen LogP contribution in [0.5, 0.6) is 0 Å². The van der Waals surface area contributed by atoms with Crippen molar-refractivity contribution in [2.75, 3.05) is 0 Å². The lowest BCUT2D eigenvalue weighted by molar-refractivity contribution is 0.636. The number of aryl methyl sites for hydroxylation is 2. The molecule has 0 N–H and O–H groups in total. The molecule has 0 fully saturated rings. The topological polar surface area (TPSA) is 0 Å². The Bertz CT molecular complexity index is 1170. The third-order valence-corrected chi connectivity index (χ3v) is 4.72. The molecule has 0 unspecified atom stereocenters. The fourth-order valence-electron chi connectivity index (χ4n) is 3.14. The lowest BCUT2D eigenvalue weighted by atomic mass is 10.0. The normalized spacial score (nSPS) is 10.5. The summed E-state index contributed by atoms with van der Waals surface area (Å²) >= 11 is 0. The molecule has 0 heterocycles. The Morgan fingerprint density at radius 3 is 1.96 bits per heavy atom. The summed E-state index contributed by atoms with van der Waals surface area (Å²) in [5.74, 6) is 5.80. The average molecular weight is 350 g/mol. The Kier molecular flexibility index (Phi) is 4.48. The van der Waals surface area contributed by atoms with Crippen molar-refractivity contribution in [1.29, 1.82) is 0 Å². The van der Waals surface area contributed by atoms with Crippen molar-refractivity contribution >= 4 is 10.8 Å². The Morgan fingerprint density at radius 2 is 1.26 bits per heavy atom. The van der Waals surface area contributed by atoms with Crippen LogP contribution < -0.4 is 0 Å². The molecule has 4 rings (SSSR count). The highest BCUT2D eigenvalue weighted by atomic mass is 19.1. The molecular formula is C26H19F. The predicted molar refractivity (Wildman–Crippen MR) is 111 cm³/mol. The summed E-state index contributed by atoms with van der Waals surface area (Å²) < 4.78 is 14.7. The highest BCUT2D eigenvalue weighted by molar-refractivity contribution is 5.85. The van der Waals surface area contributed by atoms with Gasteiger partial charge in [0.05, 0.1) is 5.56 Å². The van der Waals surface area contributed by atoms with E-state index in [0.717, 1.165) is 22.1 Å². The first kappa shape index (κ1) is 17.1. The molecule has 0 aliphatic heterocycles. The second kappa shape index (κ2) is 7.09. The van der Waals surface area contributed by atoms with Crippen molar-refractivity contribution < 1.29 is 4.39 Å². The molecule has 0 nitrogen and oxygen atoms in total. The van der Waals surface area contributed by atoms with Gasteiger partial charge in [-0.25, -0.2) is 4.39 Å². The Morgan fingerprint density at radius 1 is 0.630 bits per heavy atom. The molecule has 0 saturated heterocycles. The maximum Gasteiger partial charge on any atom is 0.146 e. The van der Waals surface area contributed by atoms with Gasteiger partial charge in [-0.1, -0.05) is 83.6 Å². The zero-order chi connectivity index (χ0) is 18.8. The van der Waals surface area contributed by atoms with Crippen LogP contribution in [0.25, 0.3) is 21.9 Å². The smallest absolute Gasteiger partial charge is 0.146 e. The molecule has 0 radical (unpaired) electrons. The summed E-state index contributed by atoms with van der Waals surface area (Å²) in [6, 6.07) is 25.9. The van der Waals surface area contributed by atoms with Crippen LogP contribution in [0.2, 0.25) is 0 Å². The van der Waals surface area contributed by atoms with Gasteiger partial charge in [-0.3, -0.25) is 0 Å². The number of benzene rings is 4. The van der Waals surface area contributed by atoms with Gasteiger partial charge in [-0.2, -0.15) is 0 Å². The highest BCUT2D eigenvalue weighted by Crippen LogP contribution is 2.22. The van der Waals surface area contributed by atoms with E-state index in [1.165, 1.54) is 11.1 Å². The van der Waals surface area contributed by atoms with Crippen LogP contribution in [-0.4, -0.2) is 0 Å². The van der Waals surface area contributed by atoms with Gasteiger partial charge in [0.15, 0.2) is 0 Å². The van der Waals surface area contributed by atoms with E-state index in [2.05, 4.69) is 43.0 Å². The number of halogens is 1. The maximum absolute atomic E-state index is 14.7. The van der Waals surface area contributed by atoms with Crippen LogP contribution in [0.15, 0.2) is 78.9 Å². The van der Waals surface area contributed by atoms with Crippen LogP contribution in [0.4, 0.5) is 4.39 Å². The van der Waals surface area contributed by atoms with Crippen LogP contribution in [0.3, 0.4) is 0 Å². The molecular weight excluding hydrogens is 331 g/mol. The van der Waals surface area contributed by atoms with Crippen molar-refractivity contribution in [3.8, 4) is 23.0 Å². The Balaban J connectivity index is 1.63. The summed E-state index contributed by atoms with van der Waals surface area (Å²) in [5, 5.41) is 1.52. The standard InChI is InChI=1S/C26H19F/c1-18-3-9-21(10-4-18)22-11-6-20(7-12-22)8-13-23-14-15-24-17-19(2)5-16-25(24)26(23)27/h3-7,9-12,14-17H,1-2H3. The molecule has 0 spiro atoms. The van der Waals surface area contributed by atoms with E-state index in [1.807, 2.05) is 55.5 Å². The van der Waals surface area contributed by atoms with Gasteiger partial charge in [0.1, 0.15) is 5.82 Å². The first-order valence-corrected chi connectivity index (χ1v) is 8.98. The largest absolute Gasteiger partial charge is 0.205 e. The fourth-order valence-corrected chi connectivity index (χ4v) is 3.14. The molecule has 4 aromatic rings. The lowest BCUT2D eigenvalue weighted by Crippen LogP contribution is -1.87. The molecule has 27 heavy (non-hydrogen) atoms. The van der Waals surface area contributed by atoms with Gasteiger partial charge in [0.25, 0.3) is 0 Å². The quantitative estimate of drug-likeness (QED) is 0.337.